The van der Waals surface area contributed by atoms with Crippen LogP contribution in [0.5, 0.6) is 0 Å². The summed E-state index contributed by atoms with van der Waals surface area (Å²) in [6, 6.07) is -1.13. The molecule has 86 valence electrons. The number of carbonyl (C=O) groups excluding carboxylic acids is 2. The van der Waals surface area contributed by atoms with E-state index in [9.17, 15) is 14.0 Å². The molecular weight excluding hydrogens is 221 g/mol. The Morgan fingerprint density at radius 3 is 2.40 bits per heavy atom. The first-order valence-electron chi connectivity index (χ1n) is 4.51. The van der Waals surface area contributed by atoms with E-state index in [-0.39, 0.29) is 5.91 Å². The van der Waals surface area contributed by atoms with Gasteiger partial charge in [-0.15, -0.1) is 0 Å². The zero-order valence-electron chi connectivity index (χ0n) is 9.11. The number of halogens is 1. The van der Waals surface area contributed by atoms with Crippen LogP contribution >= 0.6 is 11.8 Å². The highest BCUT2D eigenvalue weighted by Crippen LogP contribution is 2.44. The Hall–Kier alpha value is -0.780. The van der Waals surface area contributed by atoms with E-state index in [0.29, 0.717) is 0 Å². The molecular formula is C9H14FNO3S. The number of thioether (sulfide) groups is 1. The van der Waals surface area contributed by atoms with Crippen LogP contribution in [0.4, 0.5) is 4.39 Å². The van der Waals surface area contributed by atoms with Crippen molar-refractivity contribution < 1.29 is 18.7 Å². The number of esters is 1. The highest BCUT2D eigenvalue weighted by Gasteiger charge is 2.52. The molecule has 1 rings (SSSR count). The number of ether oxygens (including phenoxy) is 1. The van der Waals surface area contributed by atoms with Crippen LogP contribution in [0.1, 0.15) is 20.8 Å². The van der Waals surface area contributed by atoms with Crippen LogP contribution in [0.3, 0.4) is 0 Å². The molecule has 1 amide bonds. The van der Waals surface area contributed by atoms with Gasteiger partial charge in [0.25, 0.3) is 0 Å². The zero-order chi connectivity index (χ0) is 11.8. The summed E-state index contributed by atoms with van der Waals surface area (Å²) in [5.41, 5.74) is -1.43. The van der Waals surface area contributed by atoms with Crippen molar-refractivity contribution in [3.05, 3.63) is 0 Å². The van der Waals surface area contributed by atoms with Crippen LogP contribution in [0, 0.1) is 0 Å². The number of methoxy groups -OCH3 is 1. The van der Waals surface area contributed by atoms with Crippen molar-refractivity contribution >= 4 is 23.6 Å². The van der Waals surface area contributed by atoms with Gasteiger partial charge in [0.15, 0.2) is 11.5 Å². The zero-order valence-corrected chi connectivity index (χ0v) is 9.93. The summed E-state index contributed by atoms with van der Waals surface area (Å²) in [4.78, 5) is 23.2. The van der Waals surface area contributed by atoms with Gasteiger partial charge in [0.05, 0.1) is 12.0 Å². The SMILES string of the molecule is COC(=O)[C@@H]1C(F)SC(C)(C)N1C(C)=O. The van der Waals surface area contributed by atoms with Crippen molar-refractivity contribution in [1.82, 2.24) is 4.90 Å². The van der Waals surface area contributed by atoms with Gasteiger partial charge in [0, 0.05) is 6.92 Å². The Labute approximate surface area is 92.1 Å². The molecule has 1 aliphatic heterocycles. The lowest BCUT2D eigenvalue weighted by Gasteiger charge is -2.31. The fourth-order valence-electron chi connectivity index (χ4n) is 1.76. The molecule has 0 radical (unpaired) electrons. The first-order chi connectivity index (χ1) is 6.81. The number of nitrogens with zero attached hydrogens (tertiary/aromatic N) is 1. The number of amides is 1. The summed E-state index contributed by atoms with van der Waals surface area (Å²) in [7, 11) is 1.18. The van der Waals surface area contributed by atoms with E-state index >= 15 is 0 Å². The molecule has 0 spiro atoms. The Balaban J connectivity index is 3.03. The van der Waals surface area contributed by atoms with Gasteiger partial charge in [-0.1, -0.05) is 11.8 Å². The summed E-state index contributed by atoms with van der Waals surface area (Å²) >= 11 is 0.949. The molecule has 1 fully saturated rings. The third kappa shape index (κ3) is 2.09. The number of alkyl halides is 1. The van der Waals surface area contributed by atoms with E-state index in [4.69, 9.17) is 0 Å². The first-order valence-corrected chi connectivity index (χ1v) is 5.39. The summed E-state index contributed by atoms with van der Waals surface area (Å²) in [6.07, 6.45) is 0. The van der Waals surface area contributed by atoms with Gasteiger partial charge in [0.2, 0.25) is 5.91 Å². The summed E-state index contributed by atoms with van der Waals surface area (Å²) in [5.74, 6) is -1.04. The molecule has 1 aliphatic rings. The van der Waals surface area contributed by atoms with Gasteiger partial charge in [-0.3, -0.25) is 4.79 Å². The average Bonchev–Trinajstić information content (AvgIpc) is 2.33. The minimum absolute atomic E-state index is 0.331. The number of rotatable bonds is 1. The third-order valence-electron chi connectivity index (χ3n) is 2.29. The lowest BCUT2D eigenvalue weighted by Crippen LogP contribution is -2.50. The van der Waals surface area contributed by atoms with Crippen molar-refractivity contribution in [2.24, 2.45) is 0 Å². The van der Waals surface area contributed by atoms with Crippen molar-refractivity contribution in [2.45, 2.75) is 37.2 Å². The Morgan fingerprint density at radius 1 is 1.47 bits per heavy atom. The molecule has 0 saturated carbocycles. The summed E-state index contributed by atoms with van der Waals surface area (Å²) < 4.78 is 18.1. The Bertz CT molecular complexity index is 295. The lowest BCUT2D eigenvalue weighted by molar-refractivity contribution is -0.154. The topological polar surface area (TPSA) is 46.6 Å². The second-order valence-corrected chi connectivity index (χ2v) is 5.46. The predicted molar refractivity (Wildman–Crippen MR) is 54.9 cm³/mol. The minimum Gasteiger partial charge on any atom is -0.467 e. The van der Waals surface area contributed by atoms with Gasteiger partial charge < -0.3 is 9.64 Å². The maximum atomic E-state index is 13.6. The van der Waals surface area contributed by atoms with Crippen LogP contribution in [0.2, 0.25) is 0 Å². The molecule has 1 heterocycles. The van der Waals surface area contributed by atoms with Gasteiger partial charge in [0.1, 0.15) is 0 Å². The van der Waals surface area contributed by atoms with Crippen LogP contribution < -0.4 is 0 Å². The number of hydrogen-bond acceptors (Lipinski definition) is 4. The molecule has 1 unspecified atom stereocenters. The Kier molecular flexibility index (Phi) is 3.28. The van der Waals surface area contributed by atoms with Gasteiger partial charge in [-0.05, 0) is 13.8 Å². The van der Waals surface area contributed by atoms with Crippen molar-refractivity contribution in [2.75, 3.05) is 7.11 Å². The van der Waals surface area contributed by atoms with Crippen molar-refractivity contribution in [3.63, 3.8) is 0 Å². The monoisotopic (exact) mass is 235 g/mol. The fraction of sp³-hybridized carbons (Fsp3) is 0.778. The number of hydrogen-bond donors (Lipinski definition) is 0. The van der Waals surface area contributed by atoms with E-state index < -0.39 is 22.4 Å². The van der Waals surface area contributed by atoms with Crippen LogP contribution in [0.15, 0.2) is 0 Å². The van der Waals surface area contributed by atoms with E-state index in [1.807, 2.05) is 0 Å². The van der Waals surface area contributed by atoms with Gasteiger partial charge in [-0.25, -0.2) is 9.18 Å². The van der Waals surface area contributed by atoms with Gasteiger partial charge >= 0.3 is 5.97 Å². The molecule has 0 bridgehead atoms. The molecule has 0 aromatic rings. The average molecular weight is 235 g/mol. The first kappa shape index (κ1) is 12.3. The van der Waals surface area contributed by atoms with Crippen molar-refractivity contribution in [3.8, 4) is 0 Å². The highest BCUT2D eigenvalue weighted by atomic mass is 32.2. The molecule has 15 heavy (non-hydrogen) atoms. The van der Waals surface area contributed by atoms with E-state index in [1.165, 1.54) is 18.9 Å². The second-order valence-electron chi connectivity index (χ2n) is 3.77. The summed E-state index contributed by atoms with van der Waals surface area (Å²) in [6.45, 7) is 4.72. The van der Waals surface area contributed by atoms with Crippen molar-refractivity contribution in [1.29, 1.82) is 0 Å². The van der Waals surface area contributed by atoms with E-state index in [0.717, 1.165) is 11.8 Å². The van der Waals surface area contributed by atoms with Crippen LogP contribution in [-0.2, 0) is 14.3 Å². The molecule has 0 aromatic carbocycles. The van der Waals surface area contributed by atoms with Crippen LogP contribution in [0.25, 0.3) is 0 Å². The minimum atomic E-state index is -1.43. The highest BCUT2D eigenvalue weighted by molar-refractivity contribution is 8.01. The normalized spacial score (nSPS) is 29.0. The third-order valence-corrected chi connectivity index (χ3v) is 3.55. The van der Waals surface area contributed by atoms with Crippen LogP contribution in [-0.4, -0.2) is 40.3 Å². The van der Waals surface area contributed by atoms with E-state index in [1.54, 1.807) is 13.8 Å². The molecule has 4 nitrogen and oxygen atoms in total. The molecule has 2 atom stereocenters. The molecule has 6 heteroatoms. The summed E-state index contributed by atoms with van der Waals surface area (Å²) in [5, 5.41) is 0. The standard InChI is InChI=1S/C9H14FNO3S/c1-5(12)11-6(8(13)14-4)7(10)15-9(11,2)3/h6-7H,1-4H3/t6-,7?/m0/s1. The maximum Gasteiger partial charge on any atom is 0.332 e. The second kappa shape index (κ2) is 4.00. The maximum absolute atomic E-state index is 13.6. The van der Waals surface area contributed by atoms with Gasteiger partial charge in [-0.2, -0.15) is 0 Å². The van der Waals surface area contributed by atoms with E-state index in [2.05, 4.69) is 4.74 Å². The molecule has 0 aromatic heterocycles. The molecule has 0 aliphatic carbocycles. The predicted octanol–water partition coefficient (Wildman–Crippen LogP) is 1.15. The fourth-order valence-corrected chi connectivity index (χ4v) is 3.03. The smallest absolute Gasteiger partial charge is 0.332 e. The largest absolute Gasteiger partial charge is 0.467 e. The molecule has 1 saturated heterocycles. The Morgan fingerprint density at radius 2 is 2.00 bits per heavy atom. The number of carbonyl (C=O) groups is 2. The lowest BCUT2D eigenvalue weighted by atomic mass is 10.2. The molecule has 0 N–H and O–H groups in total. The quantitative estimate of drug-likeness (QED) is 0.640.